The van der Waals surface area contributed by atoms with Gasteiger partial charge in [-0.05, 0) is 18.9 Å². The molecule has 0 bridgehead atoms. The summed E-state index contributed by atoms with van der Waals surface area (Å²) in [5.41, 5.74) is 1.10. The van der Waals surface area contributed by atoms with Crippen LogP contribution in [0.3, 0.4) is 0 Å². The minimum absolute atomic E-state index is 0.00719. The number of hydrogen-bond donors (Lipinski definition) is 1. The topological polar surface area (TPSA) is 69.7 Å². The third-order valence-corrected chi connectivity index (χ3v) is 6.40. The van der Waals surface area contributed by atoms with E-state index in [-0.39, 0.29) is 48.5 Å². The van der Waals surface area contributed by atoms with Crippen molar-refractivity contribution in [2.75, 3.05) is 27.9 Å². The van der Waals surface area contributed by atoms with Gasteiger partial charge in [0.25, 0.3) is 0 Å². The van der Waals surface area contributed by atoms with Gasteiger partial charge >= 0.3 is 0 Å². The van der Waals surface area contributed by atoms with Crippen LogP contribution in [0.25, 0.3) is 0 Å². The van der Waals surface area contributed by atoms with Gasteiger partial charge in [-0.3, -0.25) is 0 Å². The smallest absolute Gasteiger partial charge is 0.111 e. The Morgan fingerprint density at radius 2 is 1.90 bits per heavy atom. The Hall–Kier alpha value is -0.760. The molecule has 2 heterocycles. The SMILES string of the molecule is CCC(OC)C(C)C1OC1C(O)C(C)/C=C/C=C(\C)C1OCC(OC)CC1OC. The molecular weight excluding hydrogens is 372 g/mol. The van der Waals surface area contributed by atoms with Crippen LogP contribution < -0.4 is 0 Å². The van der Waals surface area contributed by atoms with Gasteiger partial charge < -0.3 is 28.8 Å². The Bertz CT molecular complexity index is 543. The first kappa shape index (κ1) is 24.5. The molecule has 6 nitrogen and oxygen atoms in total. The van der Waals surface area contributed by atoms with Gasteiger partial charge in [0, 0.05) is 39.6 Å². The van der Waals surface area contributed by atoms with Crippen molar-refractivity contribution in [2.45, 2.75) is 83.3 Å². The van der Waals surface area contributed by atoms with Crippen molar-refractivity contribution in [1.29, 1.82) is 0 Å². The zero-order valence-corrected chi connectivity index (χ0v) is 19.0. The monoisotopic (exact) mass is 412 g/mol. The molecule has 2 saturated heterocycles. The molecule has 2 aliphatic heterocycles. The summed E-state index contributed by atoms with van der Waals surface area (Å²) in [5.74, 6) is 0.264. The summed E-state index contributed by atoms with van der Waals surface area (Å²) in [6.45, 7) is 8.88. The van der Waals surface area contributed by atoms with Crippen LogP contribution >= 0.6 is 0 Å². The number of ether oxygens (including phenoxy) is 5. The van der Waals surface area contributed by atoms with Gasteiger partial charge in [0.2, 0.25) is 0 Å². The Morgan fingerprint density at radius 3 is 2.48 bits per heavy atom. The van der Waals surface area contributed by atoms with Crippen LogP contribution in [0.4, 0.5) is 0 Å². The molecule has 0 amide bonds. The number of epoxide rings is 1. The lowest BCUT2D eigenvalue weighted by atomic mass is 9.91. The maximum Gasteiger partial charge on any atom is 0.111 e. The number of aliphatic hydroxyl groups excluding tert-OH is 1. The van der Waals surface area contributed by atoms with Gasteiger partial charge in [0.1, 0.15) is 12.2 Å². The quantitative estimate of drug-likeness (QED) is 0.415. The molecule has 2 fully saturated rings. The van der Waals surface area contributed by atoms with E-state index in [1.807, 2.05) is 32.1 Å². The zero-order chi connectivity index (χ0) is 21.6. The fraction of sp³-hybridized carbons (Fsp3) is 0.826. The van der Waals surface area contributed by atoms with Gasteiger partial charge in [-0.25, -0.2) is 0 Å². The number of allylic oxidation sites excluding steroid dienone is 2. The van der Waals surface area contributed by atoms with Crippen LogP contribution in [-0.2, 0) is 23.7 Å². The summed E-state index contributed by atoms with van der Waals surface area (Å²) >= 11 is 0. The third-order valence-electron chi connectivity index (χ3n) is 6.40. The first-order valence-corrected chi connectivity index (χ1v) is 10.8. The average Bonchev–Trinajstić information content (AvgIpc) is 3.54. The first-order chi connectivity index (χ1) is 13.9. The second-order valence-corrected chi connectivity index (χ2v) is 8.37. The van der Waals surface area contributed by atoms with Crippen molar-refractivity contribution in [3.05, 3.63) is 23.8 Å². The lowest BCUT2D eigenvalue weighted by Crippen LogP contribution is -2.43. The molecule has 29 heavy (non-hydrogen) atoms. The number of hydrogen-bond acceptors (Lipinski definition) is 6. The highest BCUT2D eigenvalue weighted by molar-refractivity contribution is 5.18. The van der Waals surface area contributed by atoms with E-state index in [0.29, 0.717) is 6.61 Å². The maximum atomic E-state index is 10.7. The molecule has 0 saturated carbocycles. The summed E-state index contributed by atoms with van der Waals surface area (Å²) in [6.07, 6.45) is 7.38. The molecule has 1 N–H and O–H groups in total. The van der Waals surface area contributed by atoms with Crippen molar-refractivity contribution < 1.29 is 28.8 Å². The minimum atomic E-state index is -0.526. The number of rotatable bonds is 11. The molecule has 0 aromatic carbocycles. The maximum absolute atomic E-state index is 10.7. The van der Waals surface area contributed by atoms with Crippen molar-refractivity contribution in [1.82, 2.24) is 0 Å². The standard InChI is InChI=1S/C23H40O6/c1-8-18(26-6)16(4)22-23(29-22)20(24)14(2)10-9-11-15(3)21-19(27-7)12-17(25-5)13-28-21/h9-11,14,16-24H,8,12-13H2,1-7H3/b10-9+,15-11+. The van der Waals surface area contributed by atoms with Crippen molar-refractivity contribution in [2.24, 2.45) is 11.8 Å². The third kappa shape index (κ3) is 6.36. The van der Waals surface area contributed by atoms with E-state index in [4.69, 9.17) is 23.7 Å². The summed E-state index contributed by atoms with van der Waals surface area (Å²) < 4.78 is 28.2. The molecule has 2 rings (SSSR count). The zero-order valence-electron chi connectivity index (χ0n) is 19.0. The molecule has 0 radical (unpaired) electrons. The van der Waals surface area contributed by atoms with Crippen molar-refractivity contribution in [3.8, 4) is 0 Å². The molecule has 6 heteroatoms. The van der Waals surface area contributed by atoms with Gasteiger partial charge in [-0.15, -0.1) is 0 Å². The second kappa shape index (κ2) is 11.6. The Morgan fingerprint density at radius 1 is 1.17 bits per heavy atom. The van der Waals surface area contributed by atoms with E-state index in [2.05, 4.69) is 13.8 Å². The van der Waals surface area contributed by atoms with Gasteiger partial charge in [-0.2, -0.15) is 0 Å². The molecular formula is C23H40O6. The van der Waals surface area contributed by atoms with Gasteiger partial charge in [-0.1, -0.05) is 39.0 Å². The summed E-state index contributed by atoms with van der Waals surface area (Å²) in [6, 6.07) is 0. The predicted molar refractivity (Wildman–Crippen MR) is 113 cm³/mol. The van der Waals surface area contributed by atoms with Gasteiger partial charge in [0.05, 0.1) is 37.1 Å². The Labute approximate surface area is 176 Å². The van der Waals surface area contributed by atoms with E-state index >= 15 is 0 Å². The lowest BCUT2D eigenvalue weighted by Gasteiger charge is -2.35. The highest BCUT2D eigenvalue weighted by atomic mass is 16.6. The van der Waals surface area contributed by atoms with Crippen LogP contribution in [0.5, 0.6) is 0 Å². The predicted octanol–water partition coefficient (Wildman–Crippen LogP) is 3.13. The largest absolute Gasteiger partial charge is 0.390 e. The number of methoxy groups -OCH3 is 3. The molecule has 0 aliphatic carbocycles. The highest BCUT2D eigenvalue weighted by Gasteiger charge is 2.50. The van der Waals surface area contributed by atoms with E-state index in [1.165, 1.54) is 0 Å². The average molecular weight is 413 g/mol. The lowest BCUT2D eigenvalue weighted by molar-refractivity contribution is -0.129. The van der Waals surface area contributed by atoms with Crippen LogP contribution in [-0.4, -0.2) is 75.8 Å². The molecule has 0 spiro atoms. The summed E-state index contributed by atoms with van der Waals surface area (Å²) in [7, 11) is 5.14. The van der Waals surface area contributed by atoms with Crippen LogP contribution in [0, 0.1) is 11.8 Å². The molecule has 9 unspecified atom stereocenters. The van der Waals surface area contributed by atoms with Gasteiger partial charge in [0.15, 0.2) is 0 Å². The molecule has 0 aromatic heterocycles. The van der Waals surface area contributed by atoms with Crippen LogP contribution in [0.1, 0.15) is 40.5 Å². The fourth-order valence-corrected chi connectivity index (χ4v) is 4.27. The first-order valence-electron chi connectivity index (χ1n) is 10.8. The number of aliphatic hydroxyl groups is 1. The Balaban J connectivity index is 1.87. The van der Waals surface area contributed by atoms with Crippen LogP contribution in [0.2, 0.25) is 0 Å². The fourth-order valence-electron chi connectivity index (χ4n) is 4.27. The molecule has 168 valence electrons. The summed E-state index contributed by atoms with van der Waals surface area (Å²) in [5, 5.41) is 10.7. The highest BCUT2D eigenvalue weighted by Crippen LogP contribution is 2.37. The minimum Gasteiger partial charge on any atom is -0.390 e. The second-order valence-electron chi connectivity index (χ2n) is 8.37. The van der Waals surface area contributed by atoms with Crippen LogP contribution in [0.15, 0.2) is 23.8 Å². The summed E-state index contributed by atoms with van der Waals surface area (Å²) in [4.78, 5) is 0. The molecule has 2 aliphatic rings. The van der Waals surface area contributed by atoms with E-state index in [9.17, 15) is 5.11 Å². The van der Waals surface area contributed by atoms with E-state index in [1.54, 1.807) is 21.3 Å². The normalized spacial score (nSPS) is 34.8. The van der Waals surface area contributed by atoms with E-state index < -0.39 is 6.10 Å². The van der Waals surface area contributed by atoms with Crippen molar-refractivity contribution >= 4 is 0 Å². The Kier molecular flexibility index (Phi) is 9.79. The van der Waals surface area contributed by atoms with Crippen molar-refractivity contribution in [3.63, 3.8) is 0 Å². The molecule has 0 aromatic rings. The molecule has 9 atom stereocenters. The van der Waals surface area contributed by atoms with E-state index in [0.717, 1.165) is 18.4 Å².